The normalized spacial score (nSPS) is 19.8. The minimum absolute atomic E-state index is 0.338. The monoisotopic (exact) mass is 274 g/mol. The zero-order valence-electron chi connectivity index (χ0n) is 11.8. The van der Waals surface area contributed by atoms with Gasteiger partial charge in [-0.1, -0.05) is 6.42 Å². The van der Waals surface area contributed by atoms with Gasteiger partial charge in [0, 0.05) is 32.6 Å². The van der Waals surface area contributed by atoms with E-state index < -0.39 is 0 Å². The van der Waals surface area contributed by atoms with Crippen LogP contribution in [-0.4, -0.2) is 42.0 Å². The van der Waals surface area contributed by atoms with Gasteiger partial charge in [0.25, 0.3) is 0 Å². The Morgan fingerprint density at radius 1 is 1.25 bits per heavy atom. The lowest BCUT2D eigenvalue weighted by molar-refractivity contribution is -0.133. The van der Waals surface area contributed by atoms with Crippen LogP contribution in [0.5, 0.6) is 0 Å². The third kappa shape index (κ3) is 2.86. The van der Waals surface area contributed by atoms with Gasteiger partial charge in [-0.2, -0.15) is 0 Å². The Bertz CT molecular complexity index is 461. The molecule has 2 aliphatic rings. The summed E-state index contributed by atoms with van der Waals surface area (Å²) < 4.78 is 0. The van der Waals surface area contributed by atoms with Crippen molar-refractivity contribution in [2.45, 2.75) is 25.7 Å². The summed E-state index contributed by atoms with van der Waals surface area (Å²) in [6.07, 6.45) is 6.34. The number of hydrogen-bond donors (Lipinski definition) is 1. The molecule has 20 heavy (non-hydrogen) atoms. The molecule has 2 fully saturated rings. The average molecular weight is 274 g/mol. The van der Waals surface area contributed by atoms with Crippen LogP contribution in [0, 0.1) is 5.92 Å². The van der Waals surface area contributed by atoms with Gasteiger partial charge in [-0.25, -0.2) is 4.98 Å². The molecule has 0 spiro atoms. The Balaban J connectivity index is 1.51. The number of piperazine rings is 1. The second-order valence-corrected chi connectivity index (χ2v) is 5.81. The smallest absolute Gasteiger partial charge is 0.222 e. The van der Waals surface area contributed by atoms with E-state index in [-0.39, 0.29) is 0 Å². The van der Waals surface area contributed by atoms with Gasteiger partial charge in [0.05, 0.1) is 11.9 Å². The number of nitrogens with zero attached hydrogens (tertiary/aromatic N) is 3. The minimum atomic E-state index is 0.338. The molecule has 0 bridgehead atoms. The van der Waals surface area contributed by atoms with Gasteiger partial charge in [0.2, 0.25) is 5.91 Å². The van der Waals surface area contributed by atoms with E-state index in [4.69, 9.17) is 5.73 Å². The first-order valence-electron chi connectivity index (χ1n) is 7.46. The van der Waals surface area contributed by atoms with Gasteiger partial charge in [0.1, 0.15) is 5.82 Å². The van der Waals surface area contributed by atoms with Crippen molar-refractivity contribution in [3.8, 4) is 0 Å². The van der Waals surface area contributed by atoms with Crippen LogP contribution in [0.1, 0.15) is 25.7 Å². The van der Waals surface area contributed by atoms with Crippen molar-refractivity contribution in [3.63, 3.8) is 0 Å². The Labute approximate surface area is 119 Å². The highest BCUT2D eigenvalue weighted by atomic mass is 16.2. The van der Waals surface area contributed by atoms with E-state index in [1.807, 2.05) is 17.0 Å². The number of nitrogen functional groups attached to an aromatic ring is 1. The molecular formula is C15H22N4O. The maximum Gasteiger partial charge on any atom is 0.222 e. The molecule has 108 valence electrons. The molecule has 0 atom stereocenters. The van der Waals surface area contributed by atoms with E-state index in [9.17, 15) is 4.79 Å². The average Bonchev–Trinajstić information content (AvgIpc) is 2.44. The summed E-state index contributed by atoms with van der Waals surface area (Å²) >= 11 is 0. The van der Waals surface area contributed by atoms with Gasteiger partial charge in [0.15, 0.2) is 0 Å². The Morgan fingerprint density at radius 2 is 2.00 bits per heavy atom. The Kier molecular flexibility index (Phi) is 3.76. The molecule has 2 N–H and O–H groups in total. The number of aromatic nitrogens is 1. The zero-order valence-corrected chi connectivity index (χ0v) is 11.8. The predicted molar refractivity (Wildman–Crippen MR) is 79.4 cm³/mol. The van der Waals surface area contributed by atoms with Crippen molar-refractivity contribution >= 4 is 17.4 Å². The topological polar surface area (TPSA) is 62.5 Å². The molecule has 1 aliphatic heterocycles. The molecule has 1 amide bonds. The minimum Gasteiger partial charge on any atom is -0.384 e. The van der Waals surface area contributed by atoms with E-state index >= 15 is 0 Å². The van der Waals surface area contributed by atoms with Gasteiger partial charge in [-0.15, -0.1) is 0 Å². The van der Waals surface area contributed by atoms with Gasteiger partial charge in [-0.05, 0) is 30.9 Å². The predicted octanol–water partition coefficient (Wildman–Crippen LogP) is 1.50. The molecule has 1 saturated heterocycles. The van der Waals surface area contributed by atoms with E-state index in [2.05, 4.69) is 9.88 Å². The number of amides is 1. The summed E-state index contributed by atoms with van der Waals surface area (Å²) in [4.78, 5) is 20.6. The second-order valence-electron chi connectivity index (χ2n) is 5.81. The van der Waals surface area contributed by atoms with E-state index in [1.165, 1.54) is 19.3 Å². The second kappa shape index (κ2) is 5.69. The Hall–Kier alpha value is -1.78. The quantitative estimate of drug-likeness (QED) is 0.907. The molecule has 3 rings (SSSR count). The van der Waals surface area contributed by atoms with Gasteiger partial charge >= 0.3 is 0 Å². The number of carbonyl (C=O) groups is 1. The molecular weight excluding hydrogens is 252 g/mol. The van der Waals surface area contributed by atoms with Crippen molar-refractivity contribution in [1.82, 2.24) is 9.88 Å². The van der Waals surface area contributed by atoms with E-state index in [0.717, 1.165) is 38.3 Å². The van der Waals surface area contributed by atoms with Crippen molar-refractivity contribution in [2.24, 2.45) is 5.92 Å². The first-order valence-corrected chi connectivity index (χ1v) is 7.46. The standard InChI is InChI=1S/C15H22N4O/c16-14-5-4-13(11-17-14)18-6-8-19(9-7-18)15(20)10-12-2-1-3-12/h4-5,11-12H,1-3,6-10H2,(H2,16,17). The summed E-state index contributed by atoms with van der Waals surface area (Å²) in [6.45, 7) is 3.38. The Morgan fingerprint density at radius 3 is 2.55 bits per heavy atom. The number of rotatable bonds is 3. The molecule has 0 aromatic carbocycles. The molecule has 0 radical (unpaired) electrons. The highest BCUT2D eigenvalue weighted by Gasteiger charge is 2.26. The van der Waals surface area contributed by atoms with Crippen LogP contribution in [0.3, 0.4) is 0 Å². The summed E-state index contributed by atoms with van der Waals surface area (Å²) in [5.74, 6) is 1.54. The molecule has 5 heteroatoms. The fourth-order valence-electron chi connectivity index (χ4n) is 2.87. The number of pyridine rings is 1. The number of anilines is 2. The molecule has 5 nitrogen and oxygen atoms in total. The van der Waals surface area contributed by atoms with Crippen LogP contribution in [-0.2, 0) is 4.79 Å². The lowest BCUT2D eigenvalue weighted by Gasteiger charge is -2.37. The fourth-order valence-corrected chi connectivity index (χ4v) is 2.87. The first kappa shape index (κ1) is 13.2. The highest BCUT2D eigenvalue weighted by Crippen LogP contribution is 2.30. The molecule has 1 aromatic heterocycles. The van der Waals surface area contributed by atoms with Crippen LogP contribution < -0.4 is 10.6 Å². The maximum atomic E-state index is 12.2. The maximum absolute atomic E-state index is 12.2. The molecule has 1 aromatic rings. The zero-order chi connectivity index (χ0) is 13.9. The van der Waals surface area contributed by atoms with Crippen molar-refractivity contribution < 1.29 is 4.79 Å². The number of nitrogens with two attached hydrogens (primary N) is 1. The number of hydrogen-bond acceptors (Lipinski definition) is 4. The lowest BCUT2D eigenvalue weighted by Crippen LogP contribution is -2.49. The van der Waals surface area contributed by atoms with E-state index in [1.54, 1.807) is 6.20 Å². The van der Waals surface area contributed by atoms with Gasteiger partial charge < -0.3 is 15.5 Å². The molecule has 0 unspecified atom stereocenters. The summed E-state index contributed by atoms with van der Waals surface area (Å²) in [6, 6.07) is 3.82. The third-order valence-electron chi connectivity index (χ3n) is 4.46. The fraction of sp³-hybridized carbons (Fsp3) is 0.600. The van der Waals surface area contributed by atoms with Gasteiger partial charge in [-0.3, -0.25) is 4.79 Å². The third-order valence-corrected chi connectivity index (χ3v) is 4.46. The van der Waals surface area contributed by atoms with Crippen LogP contribution in [0.2, 0.25) is 0 Å². The van der Waals surface area contributed by atoms with Crippen molar-refractivity contribution in [3.05, 3.63) is 18.3 Å². The SMILES string of the molecule is Nc1ccc(N2CCN(C(=O)CC3CCC3)CC2)cn1. The van der Waals surface area contributed by atoms with Crippen LogP contribution in [0.25, 0.3) is 0 Å². The number of carbonyl (C=O) groups excluding carboxylic acids is 1. The summed E-state index contributed by atoms with van der Waals surface area (Å²) in [5, 5.41) is 0. The molecule has 2 heterocycles. The van der Waals surface area contributed by atoms with Crippen LogP contribution >= 0.6 is 0 Å². The van der Waals surface area contributed by atoms with Crippen molar-refractivity contribution in [1.29, 1.82) is 0 Å². The first-order chi connectivity index (χ1) is 9.72. The highest BCUT2D eigenvalue weighted by molar-refractivity contribution is 5.77. The summed E-state index contributed by atoms with van der Waals surface area (Å²) in [7, 11) is 0. The molecule has 1 saturated carbocycles. The van der Waals surface area contributed by atoms with Crippen LogP contribution in [0.15, 0.2) is 18.3 Å². The largest absolute Gasteiger partial charge is 0.384 e. The lowest BCUT2D eigenvalue weighted by atomic mass is 9.82. The van der Waals surface area contributed by atoms with Crippen molar-refractivity contribution in [2.75, 3.05) is 36.8 Å². The molecule has 1 aliphatic carbocycles. The summed E-state index contributed by atoms with van der Waals surface area (Å²) in [5.41, 5.74) is 6.69. The van der Waals surface area contributed by atoms with E-state index in [0.29, 0.717) is 17.6 Å². The van der Waals surface area contributed by atoms with Crippen LogP contribution in [0.4, 0.5) is 11.5 Å².